The van der Waals surface area contributed by atoms with Crippen LogP contribution in [0.2, 0.25) is 0 Å². The molecule has 0 amide bonds. The number of esters is 1. The fourth-order valence-electron chi connectivity index (χ4n) is 3.43. The van der Waals surface area contributed by atoms with Gasteiger partial charge in [-0.3, -0.25) is 4.79 Å². The van der Waals surface area contributed by atoms with Crippen molar-refractivity contribution >= 4 is 28.1 Å². The van der Waals surface area contributed by atoms with E-state index in [2.05, 4.69) is 61.7 Å². The quantitative estimate of drug-likeness (QED) is 0.586. The Morgan fingerprint density at radius 2 is 1.87 bits per heavy atom. The van der Waals surface area contributed by atoms with Crippen molar-refractivity contribution in [2.75, 3.05) is 13.7 Å². The van der Waals surface area contributed by atoms with Crippen LogP contribution >= 0.6 is 0 Å². The first-order chi connectivity index (χ1) is 10.5. The van der Waals surface area contributed by atoms with Crippen LogP contribution in [0.4, 0.5) is 5.69 Å². The fourth-order valence-corrected chi connectivity index (χ4v) is 3.43. The van der Waals surface area contributed by atoms with Gasteiger partial charge in [0.15, 0.2) is 12.3 Å². The maximum Gasteiger partial charge on any atom is 0.311 e. The summed E-state index contributed by atoms with van der Waals surface area (Å²) in [7, 11) is 1.44. The molecule has 0 unspecified atom stereocenters. The van der Waals surface area contributed by atoms with Crippen LogP contribution < -0.4 is 17.0 Å². The second-order valence-corrected chi connectivity index (χ2v) is 6.37. The number of fused-ring (bicyclic) bond motifs is 3. The summed E-state index contributed by atoms with van der Waals surface area (Å²) in [6.07, 6.45) is 0.399. The number of benzene rings is 2. The van der Waals surface area contributed by atoms with Gasteiger partial charge in [-0.25, -0.2) is 0 Å². The summed E-state index contributed by atoms with van der Waals surface area (Å²) in [5, 5.41) is 2.56. The van der Waals surface area contributed by atoms with Gasteiger partial charge < -0.3 is 21.7 Å². The molecule has 23 heavy (non-hydrogen) atoms. The van der Waals surface area contributed by atoms with Gasteiger partial charge in [0.05, 0.1) is 12.5 Å². The van der Waals surface area contributed by atoms with E-state index in [-0.39, 0.29) is 28.4 Å². The maximum atomic E-state index is 11.5. The lowest BCUT2D eigenvalue weighted by Gasteiger charge is -2.17. The van der Waals surface area contributed by atoms with Crippen molar-refractivity contribution < 1.29 is 31.1 Å². The van der Waals surface area contributed by atoms with Crippen LogP contribution in [0.25, 0.3) is 10.8 Å². The molecule has 4 heteroatoms. The molecule has 0 bridgehead atoms. The molecular weight excluding hydrogens is 354 g/mol. The lowest BCUT2D eigenvalue weighted by atomic mass is 9.80. The van der Waals surface area contributed by atoms with E-state index in [1.54, 1.807) is 0 Å². The number of halogens is 1. The SMILES string of the molecule is COC(=O)CC[N+]1=C(C)C(C)(C)c2c1ccc1ccccc21.[Br-]. The van der Waals surface area contributed by atoms with Gasteiger partial charge in [-0.2, -0.15) is 4.58 Å². The van der Waals surface area contributed by atoms with E-state index < -0.39 is 0 Å². The third-order valence-corrected chi connectivity index (χ3v) is 4.90. The summed E-state index contributed by atoms with van der Waals surface area (Å²) in [5.41, 5.74) is 3.81. The van der Waals surface area contributed by atoms with Crippen LogP contribution in [0, 0.1) is 0 Å². The first-order valence-electron chi connectivity index (χ1n) is 7.67. The molecule has 0 N–H and O–H groups in total. The first-order valence-corrected chi connectivity index (χ1v) is 7.67. The molecule has 0 aliphatic carbocycles. The maximum absolute atomic E-state index is 11.5. The largest absolute Gasteiger partial charge is 1.00 e. The lowest BCUT2D eigenvalue weighted by molar-refractivity contribution is -0.438. The minimum absolute atomic E-state index is 0. The summed E-state index contributed by atoms with van der Waals surface area (Å²) in [5.74, 6) is -0.167. The van der Waals surface area contributed by atoms with Crippen LogP contribution in [-0.4, -0.2) is 29.9 Å². The van der Waals surface area contributed by atoms with E-state index >= 15 is 0 Å². The lowest BCUT2D eigenvalue weighted by Crippen LogP contribution is -3.00. The number of hydrogen-bond acceptors (Lipinski definition) is 2. The number of nitrogens with zero attached hydrogens (tertiary/aromatic N) is 1. The molecule has 3 rings (SSSR count). The minimum atomic E-state index is -0.167. The van der Waals surface area contributed by atoms with Crippen LogP contribution in [-0.2, 0) is 14.9 Å². The molecule has 0 fully saturated rings. The monoisotopic (exact) mass is 375 g/mol. The Morgan fingerprint density at radius 3 is 2.57 bits per heavy atom. The highest BCUT2D eigenvalue weighted by Crippen LogP contribution is 2.43. The van der Waals surface area contributed by atoms with Gasteiger partial charge in [0.25, 0.3) is 0 Å². The molecule has 0 atom stereocenters. The van der Waals surface area contributed by atoms with Crippen molar-refractivity contribution in [3.05, 3.63) is 42.0 Å². The highest BCUT2D eigenvalue weighted by Gasteiger charge is 2.44. The Morgan fingerprint density at radius 1 is 1.17 bits per heavy atom. The Bertz CT molecular complexity index is 793. The number of carbonyl (C=O) groups excluding carboxylic acids is 1. The number of methoxy groups -OCH3 is 1. The fraction of sp³-hybridized carbons (Fsp3) is 0.368. The Hall–Kier alpha value is -1.68. The van der Waals surface area contributed by atoms with Crippen LogP contribution in [0.1, 0.15) is 32.8 Å². The number of hydrogen-bond donors (Lipinski definition) is 0. The van der Waals surface area contributed by atoms with Gasteiger partial charge in [-0.05, 0) is 30.7 Å². The second kappa shape index (κ2) is 6.44. The molecule has 3 nitrogen and oxygen atoms in total. The Kier molecular flexibility index (Phi) is 4.95. The number of rotatable bonds is 3. The van der Waals surface area contributed by atoms with E-state index in [1.165, 1.54) is 34.8 Å². The van der Waals surface area contributed by atoms with Crippen LogP contribution in [0.15, 0.2) is 36.4 Å². The zero-order chi connectivity index (χ0) is 15.9. The van der Waals surface area contributed by atoms with E-state index in [1.807, 2.05) is 0 Å². The van der Waals surface area contributed by atoms with Gasteiger partial charge in [0.1, 0.15) is 6.42 Å². The molecule has 2 aromatic carbocycles. The van der Waals surface area contributed by atoms with Crippen molar-refractivity contribution in [1.29, 1.82) is 0 Å². The zero-order valence-corrected chi connectivity index (χ0v) is 15.6. The molecule has 1 aliphatic heterocycles. The third-order valence-electron chi connectivity index (χ3n) is 4.90. The highest BCUT2D eigenvalue weighted by molar-refractivity contribution is 6.01. The Labute approximate surface area is 147 Å². The molecule has 0 spiro atoms. The predicted octanol–water partition coefficient (Wildman–Crippen LogP) is 0.803. The first kappa shape index (κ1) is 17.7. The second-order valence-electron chi connectivity index (χ2n) is 6.37. The molecule has 122 valence electrons. The highest BCUT2D eigenvalue weighted by atomic mass is 79.9. The summed E-state index contributed by atoms with van der Waals surface area (Å²) < 4.78 is 7.04. The Balaban J connectivity index is 0.00000192. The zero-order valence-electron chi connectivity index (χ0n) is 14.0. The molecule has 0 radical (unpaired) electrons. The average Bonchev–Trinajstić information content (AvgIpc) is 2.72. The van der Waals surface area contributed by atoms with E-state index in [0.717, 1.165) is 0 Å². The van der Waals surface area contributed by atoms with E-state index in [9.17, 15) is 4.79 Å². The minimum Gasteiger partial charge on any atom is -1.00 e. The van der Waals surface area contributed by atoms with Crippen molar-refractivity contribution in [3.63, 3.8) is 0 Å². The molecule has 1 heterocycles. The van der Waals surface area contributed by atoms with Crippen LogP contribution in [0.5, 0.6) is 0 Å². The number of carbonyl (C=O) groups is 1. The molecule has 0 aromatic heterocycles. The smallest absolute Gasteiger partial charge is 0.311 e. The van der Waals surface area contributed by atoms with Crippen molar-refractivity contribution in [1.82, 2.24) is 0 Å². The predicted molar refractivity (Wildman–Crippen MR) is 89.1 cm³/mol. The van der Waals surface area contributed by atoms with Crippen molar-refractivity contribution in [2.45, 2.75) is 32.6 Å². The van der Waals surface area contributed by atoms with E-state index in [4.69, 9.17) is 4.74 Å². The van der Waals surface area contributed by atoms with Crippen molar-refractivity contribution in [3.8, 4) is 0 Å². The van der Waals surface area contributed by atoms with Crippen molar-refractivity contribution in [2.24, 2.45) is 0 Å². The van der Waals surface area contributed by atoms with Gasteiger partial charge in [0, 0.05) is 18.6 Å². The molecular formula is C19H22BrNO2. The third kappa shape index (κ3) is 2.80. The summed E-state index contributed by atoms with van der Waals surface area (Å²) in [4.78, 5) is 11.5. The van der Waals surface area contributed by atoms with Gasteiger partial charge in [-0.1, -0.05) is 24.3 Å². The summed E-state index contributed by atoms with van der Waals surface area (Å²) >= 11 is 0. The molecule has 0 saturated heterocycles. The van der Waals surface area contributed by atoms with E-state index in [0.29, 0.717) is 13.0 Å². The average molecular weight is 376 g/mol. The van der Waals surface area contributed by atoms with Crippen LogP contribution in [0.3, 0.4) is 0 Å². The molecule has 2 aromatic rings. The van der Waals surface area contributed by atoms with Gasteiger partial charge in [0.2, 0.25) is 5.69 Å². The topological polar surface area (TPSA) is 29.3 Å². The van der Waals surface area contributed by atoms with Gasteiger partial charge in [-0.15, -0.1) is 0 Å². The molecule has 0 saturated carbocycles. The summed E-state index contributed by atoms with van der Waals surface area (Å²) in [6, 6.07) is 12.8. The normalized spacial score (nSPS) is 15.3. The van der Waals surface area contributed by atoms with Gasteiger partial charge >= 0.3 is 5.97 Å². The molecule has 1 aliphatic rings. The standard InChI is InChI=1S/C19H22NO2.BrH/c1-13-19(2,3)18-15-8-6-5-7-14(15)9-10-16(18)20(13)12-11-17(21)22-4;/h5-10H,11-12H2,1-4H3;1H/q+1;/p-1. The number of ether oxygens (including phenoxy) is 1. The summed E-state index contributed by atoms with van der Waals surface area (Å²) in [6.45, 7) is 7.33.